The van der Waals surface area contributed by atoms with Gasteiger partial charge in [0, 0.05) is 6.20 Å². The Kier molecular flexibility index (Phi) is 3.22. The van der Waals surface area contributed by atoms with E-state index in [0.29, 0.717) is 0 Å². The summed E-state index contributed by atoms with van der Waals surface area (Å²) in [7, 11) is 0. The van der Waals surface area contributed by atoms with Gasteiger partial charge in [-0.2, -0.15) is 0 Å². The topological polar surface area (TPSA) is 66.8 Å². The molecular weight excluding hydrogens is 260 g/mol. The van der Waals surface area contributed by atoms with E-state index in [1.807, 2.05) is 0 Å². The van der Waals surface area contributed by atoms with E-state index < -0.39 is 48.4 Å². The number of halogens is 2. The van der Waals surface area contributed by atoms with Crippen LogP contribution in [0.2, 0.25) is 0 Å². The summed E-state index contributed by atoms with van der Waals surface area (Å²) in [5.74, 6) is -5.72. The summed E-state index contributed by atoms with van der Waals surface area (Å²) in [6.45, 7) is 2.05. The van der Waals surface area contributed by atoms with E-state index in [1.165, 1.54) is 13.8 Å². The van der Waals surface area contributed by atoms with Crippen LogP contribution in [0.15, 0.2) is 12.3 Å². The van der Waals surface area contributed by atoms with Gasteiger partial charge < -0.3 is 9.84 Å². The predicted octanol–water partition coefficient (Wildman–Crippen LogP) is 0.680. The highest BCUT2D eigenvalue weighted by Crippen LogP contribution is 2.48. The zero-order valence-electron chi connectivity index (χ0n) is 10.6. The molecule has 0 aromatic heterocycles. The van der Waals surface area contributed by atoms with Crippen molar-refractivity contribution >= 4 is 11.7 Å². The first-order valence-corrected chi connectivity index (χ1v) is 5.91. The highest BCUT2D eigenvalue weighted by molar-refractivity contribution is 6.06. The Bertz CT molecular complexity index is 451. The molecule has 2 rings (SSSR count). The van der Waals surface area contributed by atoms with Crippen molar-refractivity contribution < 1.29 is 28.2 Å². The minimum absolute atomic E-state index is 0.430. The fraction of sp³-hybridized carbons (Fsp3) is 0.667. The lowest BCUT2D eigenvalue weighted by molar-refractivity contribution is -0.175. The van der Waals surface area contributed by atoms with Crippen molar-refractivity contribution in [3.63, 3.8) is 0 Å². The first-order chi connectivity index (χ1) is 8.72. The third kappa shape index (κ3) is 2.06. The number of hydrogen-bond donors (Lipinski definition) is 1. The molecule has 0 radical (unpaired) electrons. The van der Waals surface area contributed by atoms with Crippen LogP contribution in [0.25, 0.3) is 0 Å². The Morgan fingerprint density at radius 3 is 2.63 bits per heavy atom. The van der Waals surface area contributed by atoms with E-state index in [4.69, 9.17) is 4.74 Å². The average molecular weight is 275 g/mol. The van der Waals surface area contributed by atoms with Crippen molar-refractivity contribution in [2.45, 2.75) is 38.0 Å². The molecule has 2 aliphatic rings. The van der Waals surface area contributed by atoms with Crippen LogP contribution in [-0.4, -0.2) is 46.1 Å². The van der Waals surface area contributed by atoms with Crippen molar-refractivity contribution in [2.75, 3.05) is 6.61 Å². The highest BCUT2D eigenvalue weighted by atomic mass is 19.3. The van der Waals surface area contributed by atoms with Crippen LogP contribution in [0.4, 0.5) is 8.78 Å². The Balaban J connectivity index is 2.33. The van der Waals surface area contributed by atoms with Crippen molar-refractivity contribution in [3.8, 4) is 0 Å². The van der Waals surface area contributed by atoms with E-state index in [9.17, 15) is 23.5 Å². The molecule has 0 saturated carbocycles. The van der Waals surface area contributed by atoms with Crippen LogP contribution in [0.3, 0.4) is 0 Å². The minimum Gasteiger partial charge on any atom is -0.393 e. The van der Waals surface area contributed by atoms with Gasteiger partial charge in [-0.25, -0.2) is 8.78 Å². The fourth-order valence-corrected chi connectivity index (χ4v) is 2.23. The van der Waals surface area contributed by atoms with Gasteiger partial charge in [0.05, 0.1) is 24.5 Å². The molecule has 0 unspecified atom stereocenters. The minimum atomic E-state index is -3.31. The third-order valence-electron chi connectivity index (χ3n) is 3.80. The fourth-order valence-electron chi connectivity index (χ4n) is 2.23. The molecule has 1 fully saturated rings. The second-order valence-corrected chi connectivity index (χ2v) is 5.10. The molecule has 0 aliphatic carbocycles. The zero-order valence-corrected chi connectivity index (χ0v) is 10.6. The maximum absolute atomic E-state index is 14.2. The number of carbonyl (C=O) groups is 2. The van der Waals surface area contributed by atoms with Gasteiger partial charge in [-0.15, -0.1) is 0 Å². The monoisotopic (exact) mass is 275 g/mol. The molecule has 106 valence electrons. The Labute approximate surface area is 108 Å². The van der Waals surface area contributed by atoms with Gasteiger partial charge in [0.15, 0.2) is 5.78 Å². The molecular formula is C12H15F2NO4. The molecule has 1 amide bonds. The summed E-state index contributed by atoms with van der Waals surface area (Å²) in [4.78, 5) is 23.4. The van der Waals surface area contributed by atoms with E-state index in [1.54, 1.807) is 0 Å². The molecule has 3 atom stereocenters. The molecule has 0 spiro atoms. The number of aliphatic hydroxyl groups is 1. The Hall–Kier alpha value is -1.34. The lowest BCUT2D eigenvalue weighted by Crippen LogP contribution is -2.48. The van der Waals surface area contributed by atoms with E-state index >= 15 is 0 Å². The van der Waals surface area contributed by atoms with Crippen molar-refractivity contribution in [1.82, 2.24) is 4.90 Å². The van der Waals surface area contributed by atoms with Gasteiger partial charge in [0.2, 0.25) is 12.1 Å². The molecule has 2 heterocycles. The number of aliphatic hydroxyl groups excluding tert-OH is 1. The highest BCUT2D eigenvalue weighted by Gasteiger charge is 2.64. The molecule has 1 saturated heterocycles. The van der Waals surface area contributed by atoms with Crippen LogP contribution in [0.1, 0.15) is 20.3 Å². The number of nitrogens with zero attached hydrogens (tertiary/aromatic N) is 1. The third-order valence-corrected chi connectivity index (χ3v) is 3.80. The molecule has 5 nitrogen and oxygen atoms in total. The number of carbonyl (C=O) groups excluding carboxylic acids is 2. The van der Waals surface area contributed by atoms with Crippen molar-refractivity contribution in [1.29, 1.82) is 0 Å². The summed E-state index contributed by atoms with van der Waals surface area (Å²) in [5, 5.41) is 9.22. The molecule has 2 aliphatic heterocycles. The van der Waals surface area contributed by atoms with E-state index in [2.05, 4.69) is 0 Å². The first-order valence-electron chi connectivity index (χ1n) is 5.91. The SMILES string of the molecule is C[C@H]1C(F)(F)[C@H](N2C=CC(=O)CC2=O)O[C@]1(C)CO. The number of alkyl halides is 2. The van der Waals surface area contributed by atoms with Crippen LogP contribution in [0.5, 0.6) is 0 Å². The van der Waals surface area contributed by atoms with Gasteiger partial charge >= 0.3 is 0 Å². The number of ketones is 1. The summed E-state index contributed by atoms with van der Waals surface area (Å²) < 4.78 is 33.6. The summed E-state index contributed by atoms with van der Waals surface area (Å²) in [6.07, 6.45) is -0.157. The van der Waals surface area contributed by atoms with Crippen LogP contribution >= 0.6 is 0 Å². The number of allylic oxidation sites excluding steroid dienone is 1. The summed E-state index contributed by atoms with van der Waals surface area (Å²) in [6, 6.07) is 0. The van der Waals surface area contributed by atoms with Crippen LogP contribution in [-0.2, 0) is 14.3 Å². The number of amides is 1. The molecule has 0 aromatic carbocycles. The Morgan fingerprint density at radius 2 is 2.16 bits per heavy atom. The van der Waals surface area contributed by atoms with Crippen LogP contribution < -0.4 is 0 Å². The second-order valence-electron chi connectivity index (χ2n) is 5.10. The maximum Gasteiger partial charge on any atom is 0.297 e. The van der Waals surface area contributed by atoms with Crippen LogP contribution in [0, 0.1) is 5.92 Å². The average Bonchev–Trinajstić information content (AvgIpc) is 2.51. The van der Waals surface area contributed by atoms with Crippen molar-refractivity contribution in [2.24, 2.45) is 5.92 Å². The van der Waals surface area contributed by atoms with Gasteiger partial charge in [-0.3, -0.25) is 14.5 Å². The maximum atomic E-state index is 14.2. The Morgan fingerprint density at radius 1 is 1.53 bits per heavy atom. The second kappa shape index (κ2) is 4.35. The summed E-state index contributed by atoms with van der Waals surface area (Å²) in [5.41, 5.74) is -1.43. The molecule has 0 bridgehead atoms. The molecule has 19 heavy (non-hydrogen) atoms. The number of hydrogen-bond acceptors (Lipinski definition) is 4. The standard InChI is InChI=1S/C12H15F2NO4/c1-7-11(2,6-16)19-10(12(7,13)14)15-4-3-8(17)5-9(15)18/h3-4,7,10,16H,5-6H2,1-2H3/t7-,10-,11-/m1/s1. The largest absolute Gasteiger partial charge is 0.393 e. The van der Waals surface area contributed by atoms with Gasteiger partial charge in [0.1, 0.15) is 0 Å². The lowest BCUT2D eigenvalue weighted by atomic mass is 9.88. The normalized spacial score (nSPS) is 38.1. The predicted molar refractivity (Wildman–Crippen MR) is 60.1 cm³/mol. The molecule has 0 aromatic rings. The number of ether oxygens (including phenoxy) is 1. The molecule has 7 heteroatoms. The summed E-state index contributed by atoms with van der Waals surface area (Å²) >= 11 is 0. The van der Waals surface area contributed by atoms with Gasteiger partial charge in [0.25, 0.3) is 5.92 Å². The van der Waals surface area contributed by atoms with E-state index in [-0.39, 0.29) is 0 Å². The van der Waals surface area contributed by atoms with E-state index in [0.717, 1.165) is 17.2 Å². The quantitative estimate of drug-likeness (QED) is 0.753. The zero-order chi connectivity index (χ0) is 14.4. The molecule has 1 N–H and O–H groups in total. The smallest absolute Gasteiger partial charge is 0.297 e. The van der Waals surface area contributed by atoms with Gasteiger partial charge in [-0.1, -0.05) is 6.92 Å². The first kappa shape index (κ1) is 14.1. The van der Waals surface area contributed by atoms with Gasteiger partial charge in [-0.05, 0) is 13.0 Å². The number of rotatable bonds is 2. The van der Waals surface area contributed by atoms with Crippen molar-refractivity contribution in [3.05, 3.63) is 12.3 Å². The lowest BCUT2D eigenvalue weighted by Gasteiger charge is -2.31.